The number of benzene rings is 2. The topological polar surface area (TPSA) is 98.1 Å². The van der Waals surface area contributed by atoms with Crippen molar-refractivity contribution in [3.8, 4) is 22.9 Å². The van der Waals surface area contributed by atoms with Crippen LogP contribution in [0, 0.1) is 20.8 Å². The van der Waals surface area contributed by atoms with Crippen molar-refractivity contribution in [2.75, 3.05) is 20.8 Å². The molecule has 0 amide bonds. The third-order valence-electron chi connectivity index (χ3n) is 7.56. The summed E-state index contributed by atoms with van der Waals surface area (Å²) in [5.41, 5.74) is 7.94. The SMILES string of the molecule is CCOC(=O)C1=C(C)N=c2[nH]c(=Cc3cc(C)n(-c4ccc(C)cc4)c3C)c(O)c2C1c1ccc(OC)c(OC)c1. The van der Waals surface area contributed by atoms with Crippen molar-refractivity contribution in [3.05, 3.63) is 104 Å². The highest BCUT2D eigenvalue weighted by atomic mass is 16.5. The molecular weight excluding hydrogens is 518 g/mol. The highest BCUT2D eigenvalue weighted by Gasteiger charge is 2.35. The fourth-order valence-corrected chi connectivity index (χ4v) is 5.58. The predicted octanol–water partition coefficient (Wildman–Crippen LogP) is 4.88. The van der Waals surface area contributed by atoms with Crippen LogP contribution in [0.4, 0.5) is 0 Å². The largest absolute Gasteiger partial charge is 0.505 e. The van der Waals surface area contributed by atoms with Gasteiger partial charge in [-0.2, -0.15) is 0 Å². The number of hydrogen-bond acceptors (Lipinski definition) is 6. The van der Waals surface area contributed by atoms with E-state index < -0.39 is 11.9 Å². The van der Waals surface area contributed by atoms with E-state index in [0.29, 0.717) is 39.2 Å². The number of aromatic amines is 1. The Morgan fingerprint density at radius 2 is 1.73 bits per heavy atom. The normalized spacial score (nSPS) is 15.0. The molecule has 3 heterocycles. The van der Waals surface area contributed by atoms with Crippen molar-refractivity contribution in [1.29, 1.82) is 0 Å². The third-order valence-corrected chi connectivity index (χ3v) is 7.56. The molecule has 1 aliphatic rings. The number of allylic oxidation sites excluding steroid dienone is 1. The standard InChI is InChI=1S/C33H35N3O5/c1-8-41-33(38)28-20(4)34-32-30(29(28)22-11-14-26(39-6)27(17-22)40-7)31(37)25(35-32)16-23-15-19(3)36(21(23)5)24-12-9-18(2)10-13-24/h9-17,29,37H,8H2,1-7H3,(H,34,35). The maximum atomic E-state index is 13.2. The molecule has 0 radical (unpaired) electrons. The van der Waals surface area contributed by atoms with E-state index in [4.69, 9.17) is 14.2 Å². The van der Waals surface area contributed by atoms with Gasteiger partial charge in [0.25, 0.3) is 0 Å². The van der Waals surface area contributed by atoms with E-state index in [2.05, 4.69) is 65.6 Å². The van der Waals surface area contributed by atoms with Gasteiger partial charge >= 0.3 is 5.97 Å². The molecule has 0 aliphatic carbocycles. The summed E-state index contributed by atoms with van der Waals surface area (Å²) in [6, 6.07) is 15.9. The van der Waals surface area contributed by atoms with Gasteiger partial charge in [-0.15, -0.1) is 0 Å². The maximum Gasteiger partial charge on any atom is 0.336 e. The number of H-pyrrole nitrogens is 1. The third kappa shape index (κ3) is 4.90. The number of ether oxygens (including phenoxy) is 3. The van der Waals surface area contributed by atoms with Crippen molar-refractivity contribution in [3.63, 3.8) is 0 Å². The summed E-state index contributed by atoms with van der Waals surface area (Å²) in [7, 11) is 3.13. The molecule has 5 rings (SSSR count). The van der Waals surface area contributed by atoms with Gasteiger partial charge in [-0.05, 0) is 82.2 Å². The summed E-state index contributed by atoms with van der Waals surface area (Å²) in [4.78, 5) is 21.2. The second-order valence-corrected chi connectivity index (χ2v) is 10.2. The van der Waals surface area contributed by atoms with Crippen LogP contribution in [0.1, 0.15) is 53.4 Å². The number of carbonyl (C=O) groups is 1. The van der Waals surface area contributed by atoms with Gasteiger partial charge in [0, 0.05) is 17.1 Å². The second-order valence-electron chi connectivity index (χ2n) is 10.2. The molecule has 41 heavy (non-hydrogen) atoms. The van der Waals surface area contributed by atoms with Crippen LogP contribution in [0.5, 0.6) is 17.2 Å². The first-order valence-corrected chi connectivity index (χ1v) is 13.6. The van der Waals surface area contributed by atoms with Gasteiger partial charge in [0.2, 0.25) is 0 Å². The second kappa shape index (κ2) is 11.0. The predicted molar refractivity (Wildman–Crippen MR) is 158 cm³/mol. The Morgan fingerprint density at radius 1 is 1.02 bits per heavy atom. The number of nitrogens with zero attached hydrogens (tertiary/aromatic N) is 2. The van der Waals surface area contributed by atoms with E-state index in [9.17, 15) is 9.90 Å². The Kier molecular flexibility index (Phi) is 7.49. The number of aryl methyl sites for hydroxylation is 2. The minimum absolute atomic E-state index is 0.0259. The summed E-state index contributed by atoms with van der Waals surface area (Å²) in [5.74, 6) is -0.0171. The maximum absolute atomic E-state index is 13.2. The molecule has 0 fully saturated rings. The molecule has 8 heteroatoms. The van der Waals surface area contributed by atoms with E-state index in [1.165, 1.54) is 5.56 Å². The smallest absolute Gasteiger partial charge is 0.336 e. The molecule has 0 saturated heterocycles. The van der Waals surface area contributed by atoms with Crippen LogP contribution in [0.3, 0.4) is 0 Å². The van der Waals surface area contributed by atoms with Gasteiger partial charge in [-0.1, -0.05) is 23.8 Å². The monoisotopic (exact) mass is 553 g/mol. The van der Waals surface area contributed by atoms with Crippen LogP contribution < -0.4 is 20.3 Å². The zero-order valence-electron chi connectivity index (χ0n) is 24.5. The van der Waals surface area contributed by atoms with Gasteiger partial charge in [-0.3, -0.25) is 0 Å². The Labute approximate surface area is 239 Å². The zero-order valence-corrected chi connectivity index (χ0v) is 24.5. The molecule has 0 saturated carbocycles. The lowest BCUT2D eigenvalue weighted by Gasteiger charge is -2.24. The van der Waals surface area contributed by atoms with Crippen LogP contribution in [0.15, 0.2) is 64.8 Å². The number of rotatable bonds is 7. The summed E-state index contributed by atoms with van der Waals surface area (Å²) in [5, 5.41) is 12.2. The van der Waals surface area contributed by atoms with E-state index in [0.717, 1.165) is 28.2 Å². The molecule has 212 valence electrons. The zero-order chi connectivity index (χ0) is 29.4. The average Bonchev–Trinajstić information content (AvgIpc) is 3.41. The molecule has 8 nitrogen and oxygen atoms in total. The molecular formula is C33H35N3O5. The number of aromatic hydroxyl groups is 1. The van der Waals surface area contributed by atoms with E-state index in [-0.39, 0.29) is 12.4 Å². The van der Waals surface area contributed by atoms with E-state index in [1.807, 2.05) is 18.2 Å². The quantitative estimate of drug-likeness (QED) is 0.318. The van der Waals surface area contributed by atoms with Gasteiger partial charge in [-0.25, -0.2) is 9.79 Å². The number of fused-ring (bicyclic) bond motifs is 1. The lowest BCUT2D eigenvalue weighted by Crippen LogP contribution is -2.26. The van der Waals surface area contributed by atoms with Crippen molar-refractivity contribution >= 4 is 12.0 Å². The van der Waals surface area contributed by atoms with Gasteiger partial charge in [0.15, 0.2) is 11.5 Å². The Bertz CT molecular complexity index is 1790. The lowest BCUT2D eigenvalue weighted by molar-refractivity contribution is -0.138. The van der Waals surface area contributed by atoms with Crippen LogP contribution in [0.2, 0.25) is 0 Å². The number of esters is 1. The Morgan fingerprint density at radius 3 is 2.39 bits per heavy atom. The van der Waals surface area contributed by atoms with Crippen LogP contribution in [0.25, 0.3) is 11.8 Å². The Balaban J connectivity index is 1.69. The van der Waals surface area contributed by atoms with Crippen molar-refractivity contribution < 1.29 is 24.1 Å². The molecule has 1 unspecified atom stereocenters. The van der Waals surface area contributed by atoms with Gasteiger partial charge in [0.1, 0.15) is 11.2 Å². The number of nitrogens with one attached hydrogen (secondary N) is 1. The van der Waals surface area contributed by atoms with Gasteiger partial charge < -0.3 is 28.9 Å². The van der Waals surface area contributed by atoms with E-state index >= 15 is 0 Å². The average molecular weight is 554 g/mol. The molecule has 0 spiro atoms. The fourth-order valence-electron chi connectivity index (χ4n) is 5.58. The summed E-state index contributed by atoms with van der Waals surface area (Å²) >= 11 is 0. The minimum atomic E-state index is -0.639. The van der Waals surface area contributed by atoms with E-state index in [1.54, 1.807) is 34.1 Å². The molecule has 0 bridgehead atoms. The number of aromatic nitrogens is 2. The number of carbonyl (C=O) groups excluding carboxylic acids is 1. The van der Waals surface area contributed by atoms with Crippen molar-refractivity contribution in [1.82, 2.24) is 9.55 Å². The van der Waals surface area contributed by atoms with Crippen molar-refractivity contribution in [2.24, 2.45) is 4.99 Å². The summed E-state index contributed by atoms with van der Waals surface area (Å²) < 4.78 is 18.6. The van der Waals surface area contributed by atoms with Crippen molar-refractivity contribution in [2.45, 2.75) is 40.5 Å². The minimum Gasteiger partial charge on any atom is -0.505 e. The molecule has 2 aromatic heterocycles. The first kappa shape index (κ1) is 27.8. The molecule has 2 aromatic carbocycles. The van der Waals surface area contributed by atoms with Gasteiger partial charge in [0.05, 0.1) is 48.9 Å². The molecule has 4 aromatic rings. The first-order valence-electron chi connectivity index (χ1n) is 13.6. The van der Waals surface area contributed by atoms with Crippen LogP contribution in [-0.4, -0.2) is 41.5 Å². The fraction of sp³-hybridized carbons (Fsp3) is 0.273. The summed E-state index contributed by atoms with van der Waals surface area (Å²) in [6.45, 7) is 9.94. The number of methoxy groups -OCH3 is 2. The van der Waals surface area contributed by atoms with Crippen LogP contribution in [-0.2, 0) is 9.53 Å². The summed E-state index contributed by atoms with van der Waals surface area (Å²) in [6.07, 6.45) is 1.92. The molecule has 2 N–H and O–H groups in total. The first-order chi connectivity index (χ1) is 19.7. The van der Waals surface area contributed by atoms with Crippen LogP contribution >= 0.6 is 0 Å². The molecule has 1 aliphatic heterocycles. The molecule has 1 atom stereocenters. The highest BCUT2D eigenvalue weighted by molar-refractivity contribution is 5.92. The lowest BCUT2D eigenvalue weighted by atomic mass is 9.83. The highest BCUT2D eigenvalue weighted by Crippen LogP contribution is 2.41. The Hall–Kier alpha value is -4.72. The number of hydrogen-bond donors (Lipinski definition) is 2.